The lowest BCUT2D eigenvalue weighted by Gasteiger charge is -2.22. The zero-order chi connectivity index (χ0) is 20.2. The summed E-state index contributed by atoms with van der Waals surface area (Å²) in [6.45, 7) is 7.69. The summed E-state index contributed by atoms with van der Waals surface area (Å²) >= 11 is 1.34. The van der Waals surface area contributed by atoms with Gasteiger partial charge in [-0.2, -0.15) is 0 Å². The van der Waals surface area contributed by atoms with E-state index in [1.54, 1.807) is 7.11 Å². The van der Waals surface area contributed by atoms with Crippen molar-refractivity contribution in [2.24, 2.45) is 0 Å². The van der Waals surface area contributed by atoms with Crippen LogP contribution in [0, 0.1) is 0 Å². The fraction of sp³-hybridized carbons (Fsp3) is 0.474. The molecule has 2 rings (SSSR count). The second-order valence-corrected chi connectivity index (χ2v) is 8.14. The number of anilines is 1. The van der Waals surface area contributed by atoms with Gasteiger partial charge >= 0.3 is 12.1 Å². The third kappa shape index (κ3) is 5.50. The molecule has 0 saturated heterocycles. The zero-order valence-electron chi connectivity index (χ0n) is 16.5. The standard InChI is InChI=1S/C19H26N2O5S/c1-11(21-18(23)26-19(2,3)4)10-20-15-13-9-12(24-5)7-8-14(13)27-16(15)17(22)25-6/h7-9,11,20H,10H2,1-6H3,(H,21,23)/t11-/m0/s1. The van der Waals surface area contributed by atoms with Gasteiger partial charge in [-0.15, -0.1) is 11.3 Å². The van der Waals surface area contributed by atoms with E-state index in [1.807, 2.05) is 45.9 Å². The highest BCUT2D eigenvalue weighted by Crippen LogP contribution is 2.38. The Kier molecular flexibility index (Phi) is 6.54. The molecule has 7 nitrogen and oxygen atoms in total. The topological polar surface area (TPSA) is 85.9 Å². The van der Waals surface area contributed by atoms with Crippen molar-refractivity contribution in [2.45, 2.75) is 39.3 Å². The third-order valence-electron chi connectivity index (χ3n) is 3.61. The van der Waals surface area contributed by atoms with E-state index in [9.17, 15) is 9.59 Å². The molecule has 1 heterocycles. The molecule has 0 radical (unpaired) electrons. The SMILES string of the molecule is COC(=O)c1sc2ccc(OC)cc2c1NC[C@H](C)NC(=O)OC(C)(C)C. The summed E-state index contributed by atoms with van der Waals surface area (Å²) in [5.41, 5.74) is 0.105. The van der Waals surface area contributed by atoms with E-state index in [4.69, 9.17) is 14.2 Å². The number of thiophene rings is 1. The Morgan fingerprint density at radius 1 is 1.22 bits per heavy atom. The highest BCUT2D eigenvalue weighted by Gasteiger charge is 2.21. The van der Waals surface area contributed by atoms with E-state index in [0.29, 0.717) is 22.9 Å². The third-order valence-corrected chi connectivity index (χ3v) is 4.76. The lowest BCUT2D eigenvalue weighted by molar-refractivity contribution is 0.0509. The Hall–Kier alpha value is -2.48. The molecular formula is C19H26N2O5S. The van der Waals surface area contributed by atoms with Gasteiger partial charge in [0, 0.05) is 22.7 Å². The second kappa shape index (κ2) is 8.47. The lowest BCUT2D eigenvalue weighted by atomic mass is 10.2. The number of hydrogen-bond donors (Lipinski definition) is 2. The molecule has 0 spiro atoms. The maximum atomic E-state index is 12.2. The minimum Gasteiger partial charge on any atom is -0.497 e. The number of hydrogen-bond acceptors (Lipinski definition) is 7. The van der Waals surface area contributed by atoms with E-state index in [0.717, 1.165) is 10.1 Å². The number of alkyl carbamates (subject to hydrolysis) is 1. The van der Waals surface area contributed by atoms with Gasteiger partial charge in [0.25, 0.3) is 0 Å². The Morgan fingerprint density at radius 2 is 1.93 bits per heavy atom. The normalized spacial score (nSPS) is 12.4. The molecule has 2 aromatic rings. The Labute approximate surface area is 163 Å². The molecule has 0 bridgehead atoms. The maximum Gasteiger partial charge on any atom is 0.407 e. The van der Waals surface area contributed by atoms with E-state index in [-0.39, 0.29) is 6.04 Å². The number of ether oxygens (including phenoxy) is 3. The van der Waals surface area contributed by atoms with Crippen molar-refractivity contribution in [3.8, 4) is 5.75 Å². The number of carbonyl (C=O) groups is 2. The molecule has 1 amide bonds. The lowest BCUT2D eigenvalue weighted by Crippen LogP contribution is -2.40. The van der Waals surface area contributed by atoms with Gasteiger partial charge in [0.05, 0.1) is 19.9 Å². The van der Waals surface area contributed by atoms with Crippen LogP contribution in [0.25, 0.3) is 10.1 Å². The van der Waals surface area contributed by atoms with Crippen LogP contribution in [0.3, 0.4) is 0 Å². The molecule has 1 atom stereocenters. The fourth-order valence-electron chi connectivity index (χ4n) is 2.43. The molecule has 2 N–H and O–H groups in total. The molecule has 0 aliphatic heterocycles. The summed E-state index contributed by atoms with van der Waals surface area (Å²) < 4.78 is 16.4. The summed E-state index contributed by atoms with van der Waals surface area (Å²) in [6, 6.07) is 5.40. The number of benzene rings is 1. The van der Waals surface area contributed by atoms with Crippen LogP contribution in [0.15, 0.2) is 18.2 Å². The number of methoxy groups -OCH3 is 2. The molecule has 0 aliphatic carbocycles. The van der Waals surface area contributed by atoms with Crippen molar-refractivity contribution >= 4 is 39.2 Å². The Morgan fingerprint density at radius 3 is 2.52 bits per heavy atom. The number of nitrogens with one attached hydrogen (secondary N) is 2. The molecule has 0 saturated carbocycles. The van der Waals surface area contributed by atoms with Crippen LogP contribution in [0.5, 0.6) is 5.75 Å². The largest absolute Gasteiger partial charge is 0.497 e. The van der Waals surface area contributed by atoms with Gasteiger partial charge in [-0.3, -0.25) is 0 Å². The van der Waals surface area contributed by atoms with Gasteiger partial charge in [-0.05, 0) is 45.9 Å². The molecule has 148 valence electrons. The van der Waals surface area contributed by atoms with E-state index < -0.39 is 17.7 Å². The van der Waals surface area contributed by atoms with Crippen molar-refractivity contribution in [3.63, 3.8) is 0 Å². The van der Waals surface area contributed by atoms with E-state index >= 15 is 0 Å². The average Bonchev–Trinajstić information content (AvgIpc) is 2.95. The number of amides is 1. The molecule has 27 heavy (non-hydrogen) atoms. The average molecular weight is 394 g/mol. The minimum absolute atomic E-state index is 0.217. The molecule has 1 aromatic carbocycles. The van der Waals surface area contributed by atoms with Crippen LogP contribution in [-0.4, -0.2) is 44.5 Å². The number of esters is 1. The number of carbonyl (C=O) groups excluding carboxylic acids is 2. The predicted molar refractivity (Wildman–Crippen MR) is 107 cm³/mol. The Bertz CT molecular complexity index is 825. The fourth-order valence-corrected chi connectivity index (χ4v) is 3.51. The van der Waals surface area contributed by atoms with Gasteiger partial charge in [-0.25, -0.2) is 9.59 Å². The number of rotatable bonds is 6. The van der Waals surface area contributed by atoms with Crippen LogP contribution in [0.4, 0.5) is 10.5 Å². The van der Waals surface area contributed by atoms with Crippen LogP contribution < -0.4 is 15.4 Å². The highest BCUT2D eigenvalue weighted by atomic mass is 32.1. The van der Waals surface area contributed by atoms with Crippen molar-refractivity contribution in [1.29, 1.82) is 0 Å². The van der Waals surface area contributed by atoms with Gasteiger partial charge in [0.1, 0.15) is 16.2 Å². The minimum atomic E-state index is -0.560. The predicted octanol–water partition coefficient (Wildman–Crippen LogP) is 4.02. The summed E-state index contributed by atoms with van der Waals surface area (Å²) in [4.78, 5) is 24.5. The van der Waals surface area contributed by atoms with Gasteiger partial charge in [0.15, 0.2) is 0 Å². The van der Waals surface area contributed by atoms with E-state index in [2.05, 4.69) is 10.6 Å². The summed E-state index contributed by atoms with van der Waals surface area (Å²) in [6.07, 6.45) is -0.484. The molecule has 1 aromatic heterocycles. The van der Waals surface area contributed by atoms with Crippen molar-refractivity contribution in [1.82, 2.24) is 5.32 Å². The van der Waals surface area contributed by atoms with Crippen molar-refractivity contribution < 1.29 is 23.8 Å². The van der Waals surface area contributed by atoms with Crippen molar-refractivity contribution in [3.05, 3.63) is 23.1 Å². The van der Waals surface area contributed by atoms with Crippen LogP contribution >= 0.6 is 11.3 Å². The molecule has 0 fully saturated rings. The molecule has 0 unspecified atom stereocenters. The first-order chi connectivity index (χ1) is 12.6. The highest BCUT2D eigenvalue weighted by molar-refractivity contribution is 7.21. The maximum absolute atomic E-state index is 12.2. The zero-order valence-corrected chi connectivity index (χ0v) is 17.3. The Balaban J connectivity index is 2.18. The summed E-state index contributed by atoms with van der Waals surface area (Å²) in [5, 5.41) is 6.89. The first kappa shape index (κ1) is 20.8. The summed E-state index contributed by atoms with van der Waals surface area (Å²) in [7, 11) is 2.94. The van der Waals surface area contributed by atoms with E-state index in [1.165, 1.54) is 18.4 Å². The van der Waals surface area contributed by atoms with Gasteiger partial charge < -0.3 is 24.8 Å². The van der Waals surface area contributed by atoms with Gasteiger partial charge in [-0.1, -0.05) is 0 Å². The molecular weight excluding hydrogens is 368 g/mol. The summed E-state index contributed by atoms with van der Waals surface area (Å²) in [5.74, 6) is 0.283. The monoisotopic (exact) mass is 394 g/mol. The quantitative estimate of drug-likeness (QED) is 0.720. The van der Waals surface area contributed by atoms with Crippen LogP contribution in [0.1, 0.15) is 37.4 Å². The first-order valence-electron chi connectivity index (χ1n) is 8.57. The smallest absolute Gasteiger partial charge is 0.407 e. The molecule has 0 aliphatic rings. The van der Waals surface area contributed by atoms with Crippen LogP contribution in [0.2, 0.25) is 0 Å². The number of fused-ring (bicyclic) bond motifs is 1. The van der Waals surface area contributed by atoms with Gasteiger partial charge in [0.2, 0.25) is 0 Å². The first-order valence-corrected chi connectivity index (χ1v) is 9.38. The van der Waals surface area contributed by atoms with Crippen molar-refractivity contribution in [2.75, 3.05) is 26.1 Å². The van der Waals surface area contributed by atoms with Crippen LogP contribution in [-0.2, 0) is 9.47 Å². The second-order valence-electron chi connectivity index (χ2n) is 7.09. The molecule has 8 heteroatoms.